The van der Waals surface area contributed by atoms with Crippen LogP contribution in [0.15, 0.2) is 34.9 Å². The second-order valence-electron chi connectivity index (χ2n) is 3.13. The zero-order valence-corrected chi connectivity index (χ0v) is 9.78. The summed E-state index contributed by atoms with van der Waals surface area (Å²) in [7, 11) is 0. The molecule has 0 aliphatic rings. The summed E-state index contributed by atoms with van der Waals surface area (Å²) < 4.78 is 0.590. The number of amides is 1. The molecule has 0 unspecified atom stereocenters. The largest absolute Gasteiger partial charge is 0.398 e. The maximum absolute atomic E-state index is 11.8. The van der Waals surface area contributed by atoms with Gasteiger partial charge in [0, 0.05) is 11.8 Å². The Morgan fingerprint density at radius 1 is 1.44 bits per heavy atom. The highest BCUT2D eigenvalue weighted by Crippen LogP contribution is 2.24. The lowest BCUT2D eigenvalue weighted by Crippen LogP contribution is -2.13. The summed E-state index contributed by atoms with van der Waals surface area (Å²) in [5.74, 6) is 0.294. The molecule has 16 heavy (non-hydrogen) atoms. The molecule has 2 rings (SSSR count). The lowest BCUT2D eigenvalue weighted by Gasteiger charge is -2.06. The molecule has 5 nitrogen and oxygen atoms in total. The highest BCUT2D eigenvalue weighted by atomic mass is 79.9. The molecule has 0 bridgehead atoms. The van der Waals surface area contributed by atoms with E-state index in [0.717, 1.165) is 0 Å². The van der Waals surface area contributed by atoms with Gasteiger partial charge in [0.1, 0.15) is 5.82 Å². The van der Waals surface area contributed by atoms with Crippen molar-refractivity contribution in [3.8, 4) is 0 Å². The van der Waals surface area contributed by atoms with Crippen LogP contribution in [-0.4, -0.2) is 16.1 Å². The Balaban J connectivity index is 2.24. The van der Waals surface area contributed by atoms with Crippen LogP contribution in [0.3, 0.4) is 0 Å². The number of hydrogen-bond acceptors (Lipinski definition) is 3. The van der Waals surface area contributed by atoms with E-state index in [1.165, 1.54) is 0 Å². The molecule has 0 radical (unpaired) electrons. The number of carbonyl (C=O) groups is 1. The first-order valence-corrected chi connectivity index (χ1v) is 5.32. The van der Waals surface area contributed by atoms with Crippen LogP contribution in [0.5, 0.6) is 0 Å². The fourth-order valence-corrected chi connectivity index (χ4v) is 1.68. The van der Waals surface area contributed by atoms with Gasteiger partial charge in [0.25, 0.3) is 5.91 Å². The Bertz CT molecular complexity index is 510. The number of anilines is 2. The van der Waals surface area contributed by atoms with E-state index in [0.29, 0.717) is 21.5 Å². The summed E-state index contributed by atoms with van der Waals surface area (Å²) in [6, 6.07) is 6.79. The fraction of sp³-hybridized carbons (Fsp3) is 0. The number of benzene rings is 1. The summed E-state index contributed by atoms with van der Waals surface area (Å²) in [6.45, 7) is 0. The van der Waals surface area contributed by atoms with Crippen molar-refractivity contribution in [3.63, 3.8) is 0 Å². The molecule has 1 aromatic carbocycles. The van der Waals surface area contributed by atoms with Gasteiger partial charge < -0.3 is 11.1 Å². The Morgan fingerprint density at radius 3 is 2.94 bits per heavy atom. The van der Waals surface area contributed by atoms with Crippen LogP contribution in [0.1, 0.15) is 10.4 Å². The van der Waals surface area contributed by atoms with Gasteiger partial charge in [0.2, 0.25) is 0 Å². The SMILES string of the molecule is Nc1cccc(C(=O)Nc2ccn[nH]2)c1Br. The van der Waals surface area contributed by atoms with Gasteiger partial charge in [-0.15, -0.1) is 0 Å². The van der Waals surface area contributed by atoms with E-state index < -0.39 is 0 Å². The molecule has 1 amide bonds. The third-order valence-corrected chi connectivity index (χ3v) is 2.91. The van der Waals surface area contributed by atoms with Gasteiger partial charge >= 0.3 is 0 Å². The van der Waals surface area contributed by atoms with Crippen molar-refractivity contribution in [2.24, 2.45) is 0 Å². The van der Waals surface area contributed by atoms with E-state index in [1.807, 2.05) is 0 Å². The number of rotatable bonds is 2. The van der Waals surface area contributed by atoms with Crippen LogP contribution in [0.4, 0.5) is 11.5 Å². The molecule has 1 aromatic heterocycles. The molecule has 0 saturated carbocycles. The molecule has 4 N–H and O–H groups in total. The Kier molecular flexibility index (Phi) is 2.91. The predicted molar refractivity (Wildman–Crippen MR) is 65.1 cm³/mol. The van der Waals surface area contributed by atoms with Gasteiger partial charge in [-0.25, -0.2) is 0 Å². The number of nitrogen functional groups attached to an aromatic ring is 1. The molecule has 0 spiro atoms. The molecule has 2 aromatic rings. The summed E-state index contributed by atoms with van der Waals surface area (Å²) in [5.41, 5.74) is 6.69. The number of nitrogens with zero attached hydrogens (tertiary/aromatic N) is 1. The summed E-state index contributed by atoms with van der Waals surface area (Å²) in [5, 5.41) is 9.04. The molecule has 82 valence electrons. The first-order chi connectivity index (χ1) is 7.68. The normalized spacial score (nSPS) is 10.1. The summed E-state index contributed by atoms with van der Waals surface area (Å²) in [6.07, 6.45) is 1.56. The van der Waals surface area contributed by atoms with E-state index in [9.17, 15) is 4.79 Å². The third kappa shape index (κ3) is 2.06. The van der Waals surface area contributed by atoms with Gasteiger partial charge in [-0.3, -0.25) is 9.89 Å². The molecule has 0 saturated heterocycles. The fourth-order valence-electron chi connectivity index (χ4n) is 1.24. The number of carbonyl (C=O) groups excluding carboxylic acids is 1. The zero-order valence-electron chi connectivity index (χ0n) is 8.20. The van der Waals surface area contributed by atoms with E-state index in [4.69, 9.17) is 5.73 Å². The third-order valence-electron chi connectivity index (χ3n) is 2.02. The number of nitrogens with one attached hydrogen (secondary N) is 2. The van der Waals surface area contributed by atoms with E-state index in [1.54, 1.807) is 30.5 Å². The number of halogens is 1. The van der Waals surface area contributed by atoms with Gasteiger partial charge in [-0.2, -0.15) is 5.10 Å². The lowest BCUT2D eigenvalue weighted by molar-refractivity contribution is 0.102. The Hall–Kier alpha value is -1.82. The van der Waals surface area contributed by atoms with Crippen molar-refractivity contribution in [2.45, 2.75) is 0 Å². The highest BCUT2D eigenvalue weighted by Gasteiger charge is 2.12. The number of nitrogens with two attached hydrogens (primary N) is 1. The van der Waals surface area contributed by atoms with Crippen molar-refractivity contribution in [2.75, 3.05) is 11.1 Å². The minimum Gasteiger partial charge on any atom is -0.398 e. The topological polar surface area (TPSA) is 83.8 Å². The van der Waals surface area contributed by atoms with E-state index in [2.05, 4.69) is 31.4 Å². The van der Waals surface area contributed by atoms with Crippen LogP contribution in [0.2, 0.25) is 0 Å². The van der Waals surface area contributed by atoms with Gasteiger partial charge in [-0.05, 0) is 28.1 Å². The average Bonchev–Trinajstić information content (AvgIpc) is 2.74. The van der Waals surface area contributed by atoms with Crippen LogP contribution in [0, 0.1) is 0 Å². The molecular weight excluding hydrogens is 272 g/mol. The second-order valence-corrected chi connectivity index (χ2v) is 3.93. The van der Waals surface area contributed by atoms with Crippen molar-refractivity contribution in [3.05, 3.63) is 40.5 Å². The minimum absolute atomic E-state index is 0.247. The van der Waals surface area contributed by atoms with Crippen molar-refractivity contribution in [1.29, 1.82) is 0 Å². The van der Waals surface area contributed by atoms with Crippen molar-refractivity contribution >= 4 is 33.3 Å². The van der Waals surface area contributed by atoms with Crippen LogP contribution in [-0.2, 0) is 0 Å². The van der Waals surface area contributed by atoms with Crippen LogP contribution < -0.4 is 11.1 Å². The van der Waals surface area contributed by atoms with Gasteiger partial charge in [0.05, 0.1) is 16.2 Å². The maximum atomic E-state index is 11.8. The molecule has 1 heterocycles. The molecule has 0 aliphatic heterocycles. The molecule has 0 fully saturated rings. The smallest absolute Gasteiger partial charge is 0.258 e. The first kappa shape index (κ1) is 10.7. The van der Waals surface area contributed by atoms with Gasteiger partial charge in [0.15, 0.2) is 0 Å². The molecule has 6 heteroatoms. The maximum Gasteiger partial charge on any atom is 0.258 e. The quantitative estimate of drug-likeness (QED) is 0.736. The number of hydrogen-bond donors (Lipinski definition) is 3. The average molecular weight is 281 g/mol. The number of aromatic nitrogens is 2. The summed E-state index contributed by atoms with van der Waals surface area (Å²) in [4.78, 5) is 11.8. The number of H-pyrrole nitrogens is 1. The molecule has 0 aliphatic carbocycles. The standard InChI is InChI=1S/C10H9BrN4O/c11-9-6(2-1-3-7(9)12)10(16)14-8-4-5-13-15-8/h1-5H,12H2,(H2,13,14,15,16). The predicted octanol–water partition coefficient (Wildman–Crippen LogP) is 2.01. The molecular formula is C10H9BrN4O. The number of aromatic amines is 1. The molecule has 0 atom stereocenters. The Morgan fingerprint density at radius 2 is 2.25 bits per heavy atom. The minimum atomic E-state index is -0.247. The van der Waals surface area contributed by atoms with Gasteiger partial charge in [-0.1, -0.05) is 6.07 Å². The first-order valence-electron chi connectivity index (χ1n) is 4.53. The lowest BCUT2D eigenvalue weighted by atomic mass is 10.2. The van der Waals surface area contributed by atoms with Crippen molar-refractivity contribution < 1.29 is 4.79 Å². The van der Waals surface area contributed by atoms with E-state index in [-0.39, 0.29) is 5.91 Å². The Labute approximate surface area is 100 Å². The van der Waals surface area contributed by atoms with E-state index >= 15 is 0 Å². The monoisotopic (exact) mass is 280 g/mol. The zero-order chi connectivity index (χ0) is 11.5. The van der Waals surface area contributed by atoms with Crippen LogP contribution in [0.25, 0.3) is 0 Å². The van der Waals surface area contributed by atoms with Crippen molar-refractivity contribution in [1.82, 2.24) is 10.2 Å². The summed E-state index contributed by atoms with van der Waals surface area (Å²) >= 11 is 3.27. The van der Waals surface area contributed by atoms with Crippen LogP contribution >= 0.6 is 15.9 Å². The second kappa shape index (κ2) is 4.36. The highest BCUT2D eigenvalue weighted by molar-refractivity contribution is 9.10.